The van der Waals surface area contributed by atoms with Crippen LogP contribution in [0.2, 0.25) is 0 Å². The minimum atomic E-state index is -4.59. The lowest BCUT2D eigenvalue weighted by molar-refractivity contribution is -0.142. The van der Waals surface area contributed by atoms with Crippen LogP contribution in [0.25, 0.3) is 17.1 Å². The number of nitrogens with one attached hydrogen (secondary N) is 1. The maximum atomic E-state index is 13.4. The standard InChI is InChI=1S/C16H15F3N4O3/c1-9-8-10(26-22-9)14-15(20-7-3-6-13(24)25)23-11(16(17,18)19)4-2-5-12(23)21-14/h2,4-5,8,20H,3,6-7H2,1H3,(H,24,25). The van der Waals surface area contributed by atoms with Crippen molar-refractivity contribution in [2.45, 2.75) is 25.9 Å². The Balaban J connectivity index is 2.10. The van der Waals surface area contributed by atoms with Crippen molar-refractivity contribution in [1.29, 1.82) is 0 Å². The van der Waals surface area contributed by atoms with Gasteiger partial charge in [-0.05, 0) is 25.5 Å². The highest BCUT2D eigenvalue weighted by atomic mass is 19.4. The maximum absolute atomic E-state index is 13.4. The van der Waals surface area contributed by atoms with E-state index < -0.39 is 17.8 Å². The normalized spacial score (nSPS) is 11.8. The van der Waals surface area contributed by atoms with Gasteiger partial charge in [0.15, 0.2) is 11.5 Å². The summed E-state index contributed by atoms with van der Waals surface area (Å²) in [6.07, 6.45) is -4.45. The highest BCUT2D eigenvalue weighted by molar-refractivity contribution is 5.74. The molecule has 26 heavy (non-hydrogen) atoms. The van der Waals surface area contributed by atoms with Crippen LogP contribution < -0.4 is 5.32 Å². The van der Waals surface area contributed by atoms with Crippen LogP contribution in [0.4, 0.5) is 19.0 Å². The van der Waals surface area contributed by atoms with E-state index in [1.807, 2.05) is 0 Å². The molecule has 0 saturated heterocycles. The SMILES string of the molecule is Cc1cc(-c2nc3cccc(C(F)(F)F)n3c2NCCCC(=O)O)on1. The molecule has 0 aliphatic carbocycles. The van der Waals surface area contributed by atoms with E-state index in [-0.39, 0.29) is 42.3 Å². The van der Waals surface area contributed by atoms with Gasteiger partial charge in [0.25, 0.3) is 0 Å². The quantitative estimate of drug-likeness (QED) is 0.646. The fourth-order valence-corrected chi connectivity index (χ4v) is 2.57. The molecular formula is C16H15F3N4O3. The fourth-order valence-electron chi connectivity index (χ4n) is 2.57. The van der Waals surface area contributed by atoms with E-state index in [0.29, 0.717) is 5.69 Å². The van der Waals surface area contributed by atoms with Gasteiger partial charge >= 0.3 is 12.1 Å². The summed E-state index contributed by atoms with van der Waals surface area (Å²) in [4.78, 5) is 14.9. The molecule has 0 fully saturated rings. The summed E-state index contributed by atoms with van der Waals surface area (Å²) in [6, 6.07) is 5.24. The van der Waals surface area contributed by atoms with E-state index in [1.54, 1.807) is 13.0 Å². The Bertz CT molecular complexity index is 946. The van der Waals surface area contributed by atoms with E-state index in [1.165, 1.54) is 12.1 Å². The predicted molar refractivity (Wildman–Crippen MR) is 85.8 cm³/mol. The van der Waals surface area contributed by atoms with E-state index in [9.17, 15) is 18.0 Å². The topological polar surface area (TPSA) is 92.7 Å². The summed E-state index contributed by atoms with van der Waals surface area (Å²) in [7, 11) is 0. The minimum Gasteiger partial charge on any atom is -0.481 e. The first kappa shape index (κ1) is 17.8. The average Bonchev–Trinajstić information content (AvgIpc) is 3.13. The molecule has 2 N–H and O–H groups in total. The van der Waals surface area contributed by atoms with Crippen LogP contribution in [0.15, 0.2) is 28.8 Å². The van der Waals surface area contributed by atoms with Crippen molar-refractivity contribution in [3.63, 3.8) is 0 Å². The van der Waals surface area contributed by atoms with Crippen LogP contribution in [0.1, 0.15) is 24.2 Å². The molecule has 0 atom stereocenters. The molecule has 0 unspecified atom stereocenters. The molecule has 0 aliphatic heterocycles. The van der Waals surface area contributed by atoms with Crippen molar-refractivity contribution in [3.8, 4) is 11.5 Å². The van der Waals surface area contributed by atoms with Crippen LogP contribution in [0.5, 0.6) is 0 Å². The van der Waals surface area contributed by atoms with Gasteiger partial charge in [0.2, 0.25) is 0 Å². The number of anilines is 1. The van der Waals surface area contributed by atoms with Gasteiger partial charge in [0, 0.05) is 19.0 Å². The van der Waals surface area contributed by atoms with Crippen molar-refractivity contribution in [2.24, 2.45) is 0 Å². The van der Waals surface area contributed by atoms with Crippen molar-refractivity contribution >= 4 is 17.4 Å². The molecule has 138 valence electrons. The van der Waals surface area contributed by atoms with Crippen LogP contribution in [-0.4, -0.2) is 32.2 Å². The Labute approximate surface area is 145 Å². The van der Waals surface area contributed by atoms with Gasteiger partial charge < -0.3 is 14.9 Å². The van der Waals surface area contributed by atoms with Gasteiger partial charge in [-0.2, -0.15) is 13.2 Å². The number of hydrogen-bond acceptors (Lipinski definition) is 5. The first-order valence-corrected chi connectivity index (χ1v) is 7.75. The van der Waals surface area contributed by atoms with Gasteiger partial charge in [0.1, 0.15) is 17.2 Å². The zero-order chi connectivity index (χ0) is 18.9. The van der Waals surface area contributed by atoms with E-state index >= 15 is 0 Å². The highest BCUT2D eigenvalue weighted by Gasteiger charge is 2.35. The molecule has 0 aliphatic rings. The number of carboxylic acids is 1. The fraction of sp³-hybridized carbons (Fsp3) is 0.312. The number of imidazole rings is 1. The Kier molecular flexibility index (Phi) is 4.58. The number of fused-ring (bicyclic) bond motifs is 1. The molecule has 0 bridgehead atoms. The van der Waals surface area contributed by atoms with Crippen molar-refractivity contribution in [3.05, 3.63) is 35.7 Å². The van der Waals surface area contributed by atoms with Gasteiger partial charge in [-0.15, -0.1) is 0 Å². The number of aryl methyl sites for hydroxylation is 1. The van der Waals surface area contributed by atoms with Crippen LogP contribution in [-0.2, 0) is 11.0 Å². The van der Waals surface area contributed by atoms with Gasteiger partial charge in [-0.25, -0.2) is 4.98 Å². The van der Waals surface area contributed by atoms with Gasteiger partial charge in [0.05, 0.1) is 5.69 Å². The van der Waals surface area contributed by atoms with Crippen molar-refractivity contribution in [2.75, 3.05) is 11.9 Å². The molecule has 3 aromatic rings. The lowest BCUT2D eigenvalue weighted by Gasteiger charge is -2.13. The molecule has 3 heterocycles. The third kappa shape index (κ3) is 3.48. The Morgan fingerprint density at radius 2 is 2.15 bits per heavy atom. The molecular weight excluding hydrogens is 353 g/mol. The molecule has 7 nitrogen and oxygen atoms in total. The van der Waals surface area contributed by atoms with Crippen LogP contribution in [0.3, 0.4) is 0 Å². The summed E-state index contributed by atoms with van der Waals surface area (Å²) < 4.78 is 46.4. The Morgan fingerprint density at radius 1 is 1.38 bits per heavy atom. The number of hydrogen-bond donors (Lipinski definition) is 2. The third-order valence-electron chi connectivity index (χ3n) is 3.66. The Hall–Kier alpha value is -3.04. The lowest BCUT2D eigenvalue weighted by Crippen LogP contribution is -2.14. The second kappa shape index (κ2) is 6.70. The number of halogens is 3. The number of carbonyl (C=O) groups is 1. The zero-order valence-corrected chi connectivity index (χ0v) is 13.7. The molecule has 0 aromatic carbocycles. The number of aliphatic carboxylic acids is 1. The largest absolute Gasteiger partial charge is 0.481 e. The monoisotopic (exact) mass is 368 g/mol. The molecule has 0 spiro atoms. The predicted octanol–water partition coefficient (Wildman–Crippen LogP) is 3.59. The van der Waals surface area contributed by atoms with Crippen molar-refractivity contribution in [1.82, 2.24) is 14.5 Å². The molecule has 3 aromatic heterocycles. The maximum Gasteiger partial charge on any atom is 0.431 e. The summed E-state index contributed by atoms with van der Waals surface area (Å²) >= 11 is 0. The smallest absolute Gasteiger partial charge is 0.431 e. The first-order valence-electron chi connectivity index (χ1n) is 7.75. The third-order valence-corrected chi connectivity index (χ3v) is 3.66. The number of carboxylic acid groups (broad SMARTS) is 1. The van der Waals surface area contributed by atoms with Crippen molar-refractivity contribution < 1.29 is 27.6 Å². The van der Waals surface area contributed by atoms with E-state index in [4.69, 9.17) is 9.63 Å². The van der Waals surface area contributed by atoms with Gasteiger partial charge in [-0.1, -0.05) is 11.2 Å². The first-order chi connectivity index (χ1) is 12.3. The molecule has 0 amide bonds. The minimum absolute atomic E-state index is 0.0782. The number of alkyl halides is 3. The summed E-state index contributed by atoms with van der Waals surface area (Å²) in [5, 5.41) is 15.3. The Morgan fingerprint density at radius 3 is 2.77 bits per heavy atom. The van der Waals surface area contributed by atoms with E-state index in [2.05, 4.69) is 15.5 Å². The second-order valence-electron chi connectivity index (χ2n) is 5.67. The summed E-state index contributed by atoms with van der Waals surface area (Å²) in [5.41, 5.74) is -0.0714. The highest BCUT2D eigenvalue weighted by Crippen LogP contribution is 2.36. The zero-order valence-electron chi connectivity index (χ0n) is 13.7. The van der Waals surface area contributed by atoms with Crippen LogP contribution in [0, 0.1) is 6.92 Å². The van der Waals surface area contributed by atoms with Gasteiger partial charge in [-0.3, -0.25) is 9.20 Å². The molecule has 10 heteroatoms. The summed E-state index contributed by atoms with van der Waals surface area (Å²) in [6.45, 7) is 1.84. The molecule has 3 rings (SSSR count). The number of pyridine rings is 1. The number of nitrogens with zero attached hydrogens (tertiary/aromatic N) is 3. The van der Waals surface area contributed by atoms with E-state index in [0.717, 1.165) is 10.5 Å². The summed E-state index contributed by atoms with van der Waals surface area (Å²) in [5.74, 6) is -0.679. The molecule has 0 saturated carbocycles. The molecule has 0 radical (unpaired) electrons. The van der Waals surface area contributed by atoms with Crippen LogP contribution >= 0.6 is 0 Å². The number of aromatic nitrogens is 3. The second-order valence-corrected chi connectivity index (χ2v) is 5.67. The lowest BCUT2D eigenvalue weighted by atomic mass is 10.2. The average molecular weight is 368 g/mol. The number of rotatable bonds is 6.